The number of hydrogen-bond donors (Lipinski definition) is 1. The number of aldehydes is 1. The van der Waals surface area contributed by atoms with Crippen LogP contribution >= 0.6 is 0 Å². The molecule has 0 aliphatic heterocycles. The molecular weight excluding hydrogens is 328 g/mol. The third kappa shape index (κ3) is 3.59. The highest BCUT2D eigenvalue weighted by Gasteiger charge is 2.28. The van der Waals surface area contributed by atoms with Crippen LogP contribution in [0.3, 0.4) is 0 Å². The summed E-state index contributed by atoms with van der Waals surface area (Å²) >= 11 is 0. The number of aromatic carboxylic acids is 1. The molecule has 25 heavy (non-hydrogen) atoms. The van der Waals surface area contributed by atoms with Gasteiger partial charge in [0.25, 0.3) is 0 Å². The van der Waals surface area contributed by atoms with Crippen LogP contribution in [0.5, 0.6) is 17.6 Å². The van der Waals surface area contributed by atoms with Gasteiger partial charge >= 0.3 is 5.97 Å². The van der Waals surface area contributed by atoms with Crippen LogP contribution in [-0.2, 0) is 5.54 Å². The summed E-state index contributed by atoms with van der Waals surface area (Å²) in [7, 11) is 0. The van der Waals surface area contributed by atoms with Gasteiger partial charge in [-0.05, 0) is 34.6 Å². The molecule has 0 radical (unpaired) electrons. The molecule has 0 saturated heterocycles. The Bertz CT molecular complexity index is 808. The van der Waals surface area contributed by atoms with Gasteiger partial charge in [0.15, 0.2) is 12.0 Å². The van der Waals surface area contributed by atoms with E-state index in [1.165, 1.54) is 11.0 Å². The molecule has 0 atom stereocenters. The Labute approximate surface area is 144 Å². The summed E-state index contributed by atoms with van der Waals surface area (Å²) < 4.78 is 12.5. The number of nitrogens with zero attached hydrogens (tertiary/aromatic N) is 4. The first-order valence-corrected chi connectivity index (χ1v) is 7.64. The van der Waals surface area contributed by atoms with Gasteiger partial charge in [0.1, 0.15) is 11.9 Å². The minimum atomic E-state index is -1.17. The van der Waals surface area contributed by atoms with Crippen LogP contribution in [0.15, 0.2) is 6.33 Å². The van der Waals surface area contributed by atoms with E-state index >= 15 is 0 Å². The molecule has 0 fully saturated rings. The van der Waals surface area contributed by atoms with E-state index in [9.17, 15) is 14.7 Å². The van der Waals surface area contributed by atoms with Crippen molar-refractivity contribution in [2.75, 3.05) is 6.61 Å². The fourth-order valence-electron chi connectivity index (χ4n) is 2.15. The van der Waals surface area contributed by atoms with Crippen LogP contribution in [-0.4, -0.2) is 43.7 Å². The lowest BCUT2D eigenvalue weighted by molar-refractivity contribution is 0.0687. The average molecular weight is 348 g/mol. The molecule has 0 amide bonds. The highest BCUT2D eigenvalue weighted by atomic mass is 16.5. The maximum Gasteiger partial charge on any atom is 0.356 e. The maximum atomic E-state index is 11.4. The topological polar surface area (TPSA) is 116 Å². The summed E-state index contributed by atoms with van der Waals surface area (Å²) in [6.45, 7) is 9.21. The van der Waals surface area contributed by atoms with Gasteiger partial charge in [0.2, 0.25) is 17.6 Å². The molecule has 1 N–H and O–H groups in total. The van der Waals surface area contributed by atoms with Gasteiger partial charge in [-0.15, -0.1) is 0 Å². The van der Waals surface area contributed by atoms with E-state index in [1.807, 2.05) is 20.8 Å². The second kappa shape index (κ2) is 6.88. The summed E-state index contributed by atoms with van der Waals surface area (Å²) in [4.78, 5) is 30.7. The molecule has 9 nitrogen and oxygen atoms in total. The van der Waals surface area contributed by atoms with Crippen LogP contribution < -0.4 is 9.47 Å². The lowest BCUT2D eigenvalue weighted by Gasteiger charge is -2.22. The summed E-state index contributed by atoms with van der Waals surface area (Å²) in [6.07, 6.45) is 1.74. The molecule has 134 valence electrons. The Morgan fingerprint density at radius 3 is 2.48 bits per heavy atom. The zero-order valence-corrected chi connectivity index (χ0v) is 14.7. The molecule has 9 heteroatoms. The Morgan fingerprint density at radius 1 is 1.32 bits per heavy atom. The van der Waals surface area contributed by atoms with Crippen molar-refractivity contribution < 1.29 is 24.2 Å². The van der Waals surface area contributed by atoms with Crippen molar-refractivity contribution >= 4 is 12.3 Å². The Morgan fingerprint density at radius 2 is 1.96 bits per heavy atom. The first-order valence-electron chi connectivity index (χ1n) is 7.64. The summed E-state index contributed by atoms with van der Waals surface area (Å²) in [5.74, 6) is -0.910. The third-order valence-electron chi connectivity index (χ3n) is 3.31. The molecule has 2 aromatic rings. The van der Waals surface area contributed by atoms with E-state index in [-0.39, 0.29) is 28.9 Å². The van der Waals surface area contributed by atoms with Crippen molar-refractivity contribution in [1.29, 1.82) is 0 Å². The summed E-state index contributed by atoms with van der Waals surface area (Å²) in [6, 6.07) is 0. The van der Waals surface area contributed by atoms with E-state index in [0.29, 0.717) is 18.5 Å². The van der Waals surface area contributed by atoms with Crippen LogP contribution in [0, 0.1) is 6.92 Å². The molecule has 0 aliphatic rings. The monoisotopic (exact) mass is 348 g/mol. The lowest BCUT2D eigenvalue weighted by Crippen LogP contribution is -2.24. The molecule has 0 saturated carbocycles. The van der Waals surface area contributed by atoms with Crippen molar-refractivity contribution in [3.8, 4) is 17.6 Å². The van der Waals surface area contributed by atoms with Gasteiger partial charge in [-0.1, -0.05) is 0 Å². The summed E-state index contributed by atoms with van der Waals surface area (Å²) in [5.41, 5.74) is -0.305. The second-order valence-electron chi connectivity index (χ2n) is 6.22. The van der Waals surface area contributed by atoms with E-state index in [0.717, 1.165) is 0 Å². The Hall–Kier alpha value is -2.97. The van der Waals surface area contributed by atoms with Crippen LogP contribution in [0.4, 0.5) is 0 Å². The van der Waals surface area contributed by atoms with E-state index < -0.39 is 11.5 Å². The summed E-state index contributed by atoms with van der Waals surface area (Å²) in [5, 5.41) is 13.4. The molecular formula is C16H20N4O5. The van der Waals surface area contributed by atoms with Gasteiger partial charge in [-0.3, -0.25) is 4.79 Å². The fraction of sp³-hybridized carbons (Fsp3) is 0.438. The van der Waals surface area contributed by atoms with Crippen molar-refractivity contribution in [1.82, 2.24) is 19.7 Å². The molecule has 2 rings (SSSR count). The molecule has 0 spiro atoms. The van der Waals surface area contributed by atoms with Gasteiger partial charge in [-0.25, -0.2) is 19.4 Å². The fourth-order valence-corrected chi connectivity index (χ4v) is 2.15. The van der Waals surface area contributed by atoms with Gasteiger partial charge in [0, 0.05) is 5.56 Å². The molecule has 2 heterocycles. The van der Waals surface area contributed by atoms with Crippen molar-refractivity contribution in [2.45, 2.75) is 40.2 Å². The van der Waals surface area contributed by atoms with E-state index in [4.69, 9.17) is 9.47 Å². The van der Waals surface area contributed by atoms with Crippen LogP contribution in [0.25, 0.3) is 0 Å². The van der Waals surface area contributed by atoms with Gasteiger partial charge < -0.3 is 14.6 Å². The van der Waals surface area contributed by atoms with Gasteiger partial charge in [0.05, 0.1) is 12.1 Å². The zero-order chi connectivity index (χ0) is 18.8. The number of rotatable bonds is 6. The van der Waals surface area contributed by atoms with Crippen molar-refractivity contribution in [2.24, 2.45) is 0 Å². The number of carbonyl (C=O) groups is 2. The standard InChI is InChI=1S/C16H20N4O5/c1-6-24-12-10(7-21)13(18-8-17-12)25-14-9(2)11(15(22)23)19-20(14)16(3,4)5/h7-8H,6H2,1-5H3,(H,22,23). The highest BCUT2D eigenvalue weighted by molar-refractivity contribution is 5.88. The first kappa shape index (κ1) is 18.4. The average Bonchev–Trinajstić information content (AvgIpc) is 2.85. The predicted molar refractivity (Wildman–Crippen MR) is 87.6 cm³/mol. The highest BCUT2D eigenvalue weighted by Crippen LogP contribution is 2.33. The molecule has 2 aromatic heterocycles. The van der Waals surface area contributed by atoms with E-state index in [2.05, 4.69) is 15.1 Å². The minimum Gasteiger partial charge on any atom is -0.477 e. The van der Waals surface area contributed by atoms with E-state index in [1.54, 1.807) is 13.8 Å². The molecule has 0 aliphatic carbocycles. The quantitative estimate of drug-likeness (QED) is 0.791. The lowest BCUT2D eigenvalue weighted by atomic mass is 10.1. The molecule has 0 unspecified atom stereocenters. The maximum absolute atomic E-state index is 11.4. The number of carboxylic acid groups (broad SMARTS) is 1. The van der Waals surface area contributed by atoms with Crippen LogP contribution in [0.1, 0.15) is 54.1 Å². The van der Waals surface area contributed by atoms with Crippen LogP contribution in [0.2, 0.25) is 0 Å². The molecule has 0 aromatic carbocycles. The van der Waals surface area contributed by atoms with Crippen molar-refractivity contribution in [3.05, 3.63) is 23.1 Å². The number of aromatic nitrogens is 4. The predicted octanol–water partition coefficient (Wildman–Crippen LogP) is 2.44. The number of carbonyl (C=O) groups excluding carboxylic acids is 1. The normalized spacial score (nSPS) is 11.2. The number of carboxylic acids is 1. The largest absolute Gasteiger partial charge is 0.477 e. The molecule has 0 bridgehead atoms. The number of ether oxygens (including phenoxy) is 2. The Kier molecular flexibility index (Phi) is 5.05. The Balaban J connectivity index is 2.59. The number of hydrogen-bond acceptors (Lipinski definition) is 7. The smallest absolute Gasteiger partial charge is 0.356 e. The minimum absolute atomic E-state index is 0.0288. The van der Waals surface area contributed by atoms with Crippen molar-refractivity contribution in [3.63, 3.8) is 0 Å². The first-order chi connectivity index (χ1) is 11.7. The third-order valence-corrected chi connectivity index (χ3v) is 3.31. The van der Waals surface area contributed by atoms with Gasteiger partial charge in [-0.2, -0.15) is 5.10 Å². The zero-order valence-electron chi connectivity index (χ0n) is 14.7. The second-order valence-corrected chi connectivity index (χ2v) is 6.22. The SMILES string of the molecule is CCOc1ncnc(Oc2c(C)c(C(=O)O)nn2C(C)(C)C)c1C=O.